The minimum Gasteiger partial charge on any atom is -0.376 e. The molecule has 0 bridgehead atoms. The number of benzene rings is 1. The van der Waals surface area contributed by atoms with Crippen molar-refractivity contribution >= 4 is 22.8 Å². The van der Waals surface area contributed by atoms with E-state index in [2.05, 4.69) is 33.2 Å². The summed E-state index contributed by atoms with van der Waals surface area (Å²) < 4.78 is 20.3. The van der Waals surface area contributed by atoms with E-state index in [-0.39, 0.29) is 24.1 Å². The predicted octanol–water partition coefficient (Wildman–Crippen LogP) is 2.62. The highest BCUT2D eigenvalue weighted by Gasteiger charge is 2.50. The van der Waals surface area contributed by atoms with Gasteiger partial charge in [0.15, 0.2) is 11.4 Å². The fourth-order valence-corrected chi connectivity index (χ4v) is 4.00. The molecule has 0 amide bonds. The maximum Gasteiger partial charge on any atom is 0.222 e. The molecule has 3 atom stereocenters. The monoisotopic (exact) mass is 393 g/mol. The second-order valence-corrected chi connectivity index (χ2v) is 7.83. The van der Waals surface area contributed by atoms with E-state index in [1.165, 1.54) is 0 Å². The molecule has 0 spiro atoms. The Morgan fingerprint density at radius 1 is 1.17 bits per heavy atom. The molecule has 1 aliphatic carbocycles. The molecule has 5 rings (SSSR count). The number of rotatable bonds is 5. The predicted molar refractivity (Wildman–Crippen MR) is 107 cm³/mol. The van der Waals surface area contributed by atoms with Gasteiger partial charge in [0.05, 0.1) is 25.1 Å². The van der Waals surface area contributed by atoms with E-state index in [9.17, 15) is 0 Å². The molecular weight excluding hydrogens is 370 g/mol. The zero-order valence-corrected chi connectivity index (χ0v) is 16.4. The number of anilines is 1. The van der Waals surface area contributed by atoms with Crippen LogP contribution in [0.5, 0.6) is 0 Å². The molecule has 0 radical (unpaired) electrons. The van der Waals surface area contributed by atoms with Gasteiger partial charge in [-0.1, -0.05) is 36.4 Å². The summed E-state index contributed by atoms with van der Waals surface area (Å²) in [5.74, 6) is -0.408. The van der Waals surface area contributed by atoms with Crippen LogP contribution in [-0.4, -0.2) is 44.1 Å². The topological polar surface area (TPSA) is 97.3 Å². The lowest BCUT2D eigenvalue weighted by Gasteiger charge is -2.20. The zero-order chi connectivity index (χ0) is 20.0. The normalized spacial score (nSPS) is 25.3. The summed E-state index contributed by atoms with van der Waals surface area (Å²) in [5.41, 5.74) is 9.20. The molecule has 1 saturated heterocycles. The largest absolute Gasteiger partial charge is 0.376 e. The van der Waals surface area contributed by atoms with Crippen LogP contribution in [0.1, 0.15) is 19.4 Å². The fourth-order valence-electron chi connectivity index (χ4n) is 4.00. The van der Waals surface area contributed by atoms with Crippen molar-refractivity contribution in [2.75, 3.05) is 12.3 Å². The van der Waals surface area contributed by atoms with Gasteiger partial charge >= 0.3 is 0 Å². The number of fused-ring (bicyclic) bond motifs is 2. The van der Waals surface area contributed by atoms with E-state index in [0.717, 1.165) is 11.3 Å². The van der Waals surface area contributed by atoms with Crippen molar-refractivity contribution in [1.82, 2.24) is 19.5 Å². The maximum atomic E-state index is 6.21. The van der Waals surface area contributed by atoms with Crippen LogP contribution in [0, 0.1) is 5.92 Å². The molecular formula is C21H23N5O3. The molecule has 2 aromatic heterocycles. The second kappa shape index (κ2) is 6.91. The van der Waals surface area contributed by atoms with Crippen LogP contribution in [0.15, 0.2) is 48.9 Å². The summed E-state index contributed by atoms with van der Waals surface area (Å²) in [6, 6.07) is 10.1. The number of nitrogen functional groups attached to an aromatic ring is 1. The average molecular weight is 393 g/mol. The van der Waals surface area contributed by atoms with Gasteiger partial charge in [-0.3, -0.25) is 4.57 Å². The molecule has 8 nitrogen and oxygen atoms in total. The third-order valence-corrected chi connectivity index (χ3v) is 5.24. The molecule has 8 heteroatoms. The average Bonchev–Trinajstić information content (AvgIpc) is 3.34. The van der Waals surface area contributed by atoms with E-state index in [0.29, 0.717) is 24.4 Å². The van der Waals surface area contributed by atoms with Crippen LogP contribution in [0.2, 0.25) is 0 Å². The van der Waals surface area contributed by atoms with Crippen LogP contribution < -0.4 is 5.73 Å². The Morgan fingerprint density at radius 3 is 2.83 bits per heavy atom. The Labute approximate surface area is 168 Å². The van der Waals surface area contributed by atoms with Gasteiger partial charge in [0.2, 0.25) is 5.95 Å². The minimum absolute atomic E-state index is 0.0529. The highest BCUT2D eigenvalue weighted by molar-refractivity contribution is 5.76. The number of nitrogens with zero attached hydrogens (tertiary/aromatic N) is 4. The molecule has 2 aliphatic rings. The van der Waals surface area contributed by atoms with Crippen molar-refractivity contribution in [3.8, 4) is 0 Å². The van der Waals surface area contributed by atoms with Gasteiger partial charge in [-0.05, 0) is 19.4 Å². The number of nitrogens with two attached hydrogens (primary N) is 1. The number of imidazole rings is 1. The van der Waals surface area contributed by atoms with Gasteiger partial charge in [-0.2, -0.15) is 4.98 Å². The van der Waals surface area contributed by atoms with Crippen LogP contribution in [-0.2, 0) is 20.8 Å². The quantitative estimate of drug-likeness (QED) is 0.711. The number of hydrogen-bond acceptors (Lipinski definition) is 7. The third-order valence-electron chi connectivity index (χ3n) is 5.24. The fraction of sp³-hybridized carbons (Fsp3) is 0.381. The summed E-state index contributed by atoms with van der Waals surface area (Å²) in [7, 11) is 0. The number of aromatic nitrogens is 4. The Morgan fingerprint density at radius 2 is 2.00 bits per heavy atom. The highest BCUT2D eigenvalue weighted by Crippen LogP contribution is 2.43. The molecule has 2 N–H and O–H groups in total. The van der Waals surface area contributed by atoms with E-state index in [4.69, 9.17) is 19.9 Å². The Bertz CT molecular complexity index is 1060. The molecule has 150 valence electrons. The molecule has 0 saturated carbocycles. The summed E-state index contributed by atoms with van der Waals surface area (Å²) in [4.78, 5) is 12.8. The first-order valence-corrected chi connectivity index (χ1v) is 9.65. The lowest BCUT2D eigenvalue weighted by atomic mass is 10.1. The first-order valence-electron chi connectivity index (χ1n) is 9.65. The molecule has 1 aliphatic heterocycles. The number of ether oxygens (including phenoxy) is 3. The zero-order valence-electron chi connectivity index (χ0n) is 16.4. The summed E-state index contributed by atoms with van der Waals surface area (Å²) in [6.07, 6.45) is 5.12. The van der Waals surface area contributed by atoms with Crippen molar-refractivity contribution in [3.05, 3.63) is 54.5 Å². The van der Waals surface area contributed by atoms with Crippen molar-refractivity contribution < 1.29 is 14.2 Å². The first kappa shape index (κ1) is 18.2. The van der Waals surface area contributed by atoms with Crippen LogP contribution in [0.25, 0.3) is 16.9 Å². The number of hydrogen-bond donors (Lipinski definition) is 1. The SMILES string of the molecule is CC1(C)O[C@@H]2[C@@H](COCc3ccccc3)C=C(n3cnc4cnc(N)nc43)[C@@H]2O1. The van der Waals surface area contributed by atoms with E-state index in [1.54, 1.807) is 12.5 Å². The summed E-state index contributed by atoms with van der Waals surface area (Å²) in [6.45, 7) is 4.94. The Balaban J connectivity index is 1.42. The molecule has 29 heavy (non-hydrogen) atoms. The van der Waals surface area contributed by atoms with Gasteiger partial charge in [0.1, 0.15) is 24.1 Å². The Hall–Kier alpha value is -2.81. The van der Waals surface area contributed by atoms with Gasteiger partial charge in [-0.25, -0.2) is 9.97 Å². The maximum absolute atomic E-state index is 6.21. The van der Waals surface area contributed by atoms with Crippen molar-refractivity contribution in [1.29, 1.82) is 0 Å². The second-order valence-electron chi connectivity index (χ2n) is 7.83. The van der Waals surface area contributed by atoms with E-state index in [1.807, 2.05) is 36.6 Å². The molecule has 3 aromatic rings. The van der Waals surface area contributed by atoms with Gasteiger partial charge in [0.25, 0.3) is 0 Å². The van der Waals surface area contributed by atoms with Crippen LogP contribution in [0.4, 0.5) is 5.95 Å². The Kier molecular flexibility index (Phi) is 4.34. The lowest BCUT2D eigenvalue weighted by Crippen LogP contribution is -2.28. The van der Waals surface area contributed by atoms with Gasteiger partial charge in [-0.15, -0.1) is 0 Å². The highest BCUT2D eigenvalue weighted by atomic mass is 16.8. The molecule has 1 aromatic carbocycles. The van der Waals surface area contributed by atoms with Crippen molar-refractivity contribution in [3.63, 3.8) is 0 Å². The third kappa shape index (κ3) is 3.39. The van der Waals surface area contributed by atoms with Crippen LogP contribution >= 0.6 is 0 Å². The standard InChI is InChI=1S/C21H23N5O3/c1-21(2)28-17-14(11-27-10-13-6-4-3-5-7-13)8-16(18(17)29-21)26-12-24-15-9-23-20(22)25-19(15)26/h3-9,12,14,17-18H,10-11H2,1-2H3,(H2,22,23,25)/t14-,17-,18+/m1/s1. The summed E-state index contributed by atoms with van der Waals surface area (Å²) >= 11 is 0. The molecule has 1 fully saturated rings. The van der Waals surface area contributed by atoms with Crippen molar-refractivity contribution in [2.24, 2.45) is 5.92 Å². The van der Waals surface area contributed by atoms with E-state index < -0.39 is 5.79 Å². The van der Waals surface area contributed by atoms with Crippen LogP contribution in [0.3, 0.4) is 0 Å². The lowest BCUT2D eigenvalue weighted by molar-refractivity contribution is -0.149. The van der Waals surface area contributed by atoms with E-state index >= 15 is 0 Å². The first-order chi connectivity index (χ1) is 14.0. The molecule has 3 heterocycles. The smallest absolute Gasteiger partial charge is 0.222 e. The summed E-state index contributed by atoms with van der Waals surface area (Å²) in [5, 5.41) is 0. The minimum atomic E-state index is -0.670. The van der Waals surface area contributed by atoms with Gasteiger partial charge in [0, 0.05) is 5.92 Å². The van der Waals surface area contributed by atoms with Crippen molar-refractivity contribution in [2.45, 2.75) is 38.4 Å². The molecule has 0 unspecified atom stereocenters. The van der Waals surface area contributed by atoms with Gasteiger partial charge < -0.3 is 19.9 Å².